The highest BCUT2D eigenvalue weighted by Crippen LogP contribution is 2.18. The van der Waals surface area contributed by atoms with Crippen molar-refractivity contribution in [1.29, 1.82) is 0 Å². The van der Waals surface area contributed by atoms with Crippen molar-refractivity contribution in [2.75, 3.05) is 13.6 Å². The van der Waals surface area contributed by atoms with Crippen molar-refractivity contribution in [3.63, 3.8) is 0 Å². The smallest absolute Gasteiger partial charge is 0.241 e. The first-order chi connectivity index (χ1) is 6.97. The first-order valence-electron chi connectivity index (χ1n) is 5.64. The van der Waals surface area contributed by atoms with Crippen LogP contribution in [0.15, 0.2) is 11.3 Å². The van der Waals surface area contributed by atoms with E-state index in [9.17, 15) is 4.79 Å². The highest BCUT2D eigenvalue weighted by molar-refractivity contribution is 5.84. The Morgan fingerprint density at radius 2 is 2.13 bits per heavy atom. The van der Waals surface area contributed by atoms with Gasteiger partial charge in [-0.2, -0.15) is 0 Å². The van der Waals surface area contributed by atoms with E-state index in [4.69, 9.17) is 0 Å². The van der Waals surface area contributed by atoms with E-state index in [1.165, 1.54) is 5.57 Å². The predicted octanol–water partition coefficient (Wildman–Crippen LogP) is 1.76. The molecule has 0 saturated heterocycles. The zero-order valence-electron chi connectivity index (χ0n) is 10.4. The number of allylic oxidation sites excluding steroid dienone is 1. The van der Waals surface area contributed by atoms with Gasteiger partial charge in [0.15, 0.2) is 0 Å². The fourth-order valence-corrected chi connectivity index (χ4v) is 2.07. The molecule has 15 heavy (non-hydrogen) atoms. The third-order valence-corrected chi connectivity index (χ3v) is 3.36. The Bertz CT molecular complexity index is 283. The van der Waals surface area contributed by atoms with E-state index >= 15 is 0 Å². The van der Waals surface area contributed by atoms with Gasteiger partial charge in [0.1, 0.15) is 0 Å². The molecule has 3 nitrogen and oxygen atoms in total. The molecule has 2 atom stereocenters. The van der Waals surface area contributed by atoms with Gasteiger partial charge in [-0.1, -0.05) is 20.3 Å². The summed E-state index contributed by atoms with van der Waals surface area (Å²) in [7, 11) is 2.03. The number of likely N-dealkylation sites (N-methyl/N-ethyl adjacent to an activating group) is 1. The third kappa shape index (κ3) is 2.59. The summed E-state index contributed by atoms with van der Waals surface area (Å²) < 4.78 is 0. The van der Waals surface area contributed by atoms with Gasteiger partial charge in [-0.15, -0.1) is 0 Å². The monoisotopic (exact) mass is 210 g/mol. The van der Waals surface area contributed by atoms with Crippen LogP contribution in [0.3, 0.4) is 0 Å². The lowest BCUT2D eigenvalue weighted by Crippen LogP contribution is -2.46. The molecule has 1 N–H and O–H groups in total. The van der Waals surface area contributed by atoms with Crippen LogP contribution in [0.1, 0.15) is 34.1 Å². The summed E-state index contributed by atoms with van der Waals surface area (Å²) in [6.07, 6.45) is 1.03. The minimum atomic E-state index is 0.00222. The van der Waals surface area contributed by atoms with E-state index in [0.29, 0.717) is 5.92 Å². The molecule has 3 heteroatoms. The molecule has 0 aromatic carbocycles. The fourth-order valence-electron chi connectivity index (χ4n) is 2.07. The van der Waals surface area contributed by atoms with Crippen molar-refractivity contribution in [1.82, 2.24) is 10.2 Å². The zero-order chi connectivity index (χ0) is 11.6. The van der Waals surface area contributed by atoms with Gasteiger partial charge < -0.3 is 5.32 Å². The SMILES string of the molecule is CCC(C)[C@@H]1C(=O)NC(C)=C(C)CN1C. The lowest BCUT2D eigenvalue weighted by molar-refractivity contribution is -0.126. The van der Waals surface area contributed by atoms with Crippen LogP contribution < -0.4 is 5.32 Å². The summed E-state index contributed by atoms with van der Waals surface area (Å²) in [6, 6.07) is 0.00222. The Labute approximate surface area is 92.5 Å². The van der Waals surface area contributed by atoms with Crippen molar-refractivity contribution < 1.29 is 4.79 Å². The average molecular weight is 210 g/mol. The van der Waals surface area contributed by atoms with Gasteiger partial charge in [-0.25, -0.2) is 0 Å². The highest BCUT2D eigenvalue weighted by atomic mass is 16.2. The number of hydrogen-bond donors (Lipinski definition) is 1. The molecule has 1 unspecified atom stereocenters. The summed E-state index contributed by atoms with van der Waals surface area (Å²) >= 11 is 0. The van der Waals surface area contributed by atoms with Gasteiger partial charge in [0.2, 0.25) is 5.91 Å². The van der Waals surface area contributed by atoms with Gasteiger partial charge in [0.05, 0.1) is 6.04 Å². The summed E-state index contributed by atoms with van der Waals surface area (Å²) in [5, 5.41) is 2.99. The maximum absolute atomic E-state index is 12.0. The van der Waals surface area contributed by atoms with Crippen molar-refractivity contribution in [2.24, 2.45) is 5.92 Å². The quantitative estimate of drug-likeness (QED) is 0.753. The molecule has 0 spiro atoms. The Morgan fingerprint density at radius 1 is 1.53 bits per heavy atom. The van der Waals surface area contributed by atoms with Crippen LogP contribution >= 0.6 is 0 Å². The molecular formula is C12H22N2O. The maximum Gasteiger partial charge on any atom is 0.241 e. The molecule has 1 rings (SSSR count). The van der Waals surface area contributed by atoms with Gasteiger partial charge in [-0.3, -0.25) is 9.69 Å². The topological polar surface area (TPSA) is 32.3 Å². The lowest BCUT2D eigenvalue weighted by atomic mass is 9.97. The van der Waals surface area contributed by atoms with Crippen LogP contribution in [0.2, 0.25) is 0 Å². The van der Waals surface area contributed by atoms with E-state index in [2.05, 4.69) is 31.0 Å². The summed E-state index contributed by atoms with van der Waals surface area (Å²) in [4.78, 5) is 14.1. The molecule has 0 aliphatic carbocycles. The average Bonchev–Trinajstić information content (AvgIpc) is 2.24. The van der Waals surface area contributed by atoms with E-state index in [0.717, 1.165) is 18.7 Å². The lowest BCUT2D eigenvalue weighted by Gasteiger charge is -2.29. The van der Waals surface area contributed by atoms with Crippen molar-refractivity contribution in [2.45, 2.75) is 40.2 Å². The number of carbonyl (C=O) groups is 1. The number of rotatable bonds is 2. The number of nitrogens with one attached hydrogen (secondary N) is 1. The molecule has 1 amide bonds. The van der Waals surface area contributed by atoms with Gasteiger partial charge in [0, 0.05) is 12.2 Å². The van der Waals surface area contributed by atoms with Crippen molar-refractivity contribution >= 4 is 5.91 Å². The normalized spacial score (nSPS) is 26.2. The second-order valence-electron chi connectivity index (χ2n) is 4.64. The summed E-state index contributed by atoms with van der Waals surface area (Å²) in [5.74, 6) is 0.537. The maximum atomic E-state index is 12.0. The van der Waals surface area contributed by atoms with Gasteiger partial charge in [-0.05, 0) is 32.4 Å². The highest BCUT2D eigenvalue weighted by Gasteiger charge is 2.30. The standard InChI is InChI=1S/C12H22N2O/c1-6-8(2)11-12(15)13-10(4)9(3)7-14(11)5/h8,11H,6-7H2,1-5H3,(H,13,15)/t8?,11-/m1/s1. The molecule has 0 aromatic rings. The summed E-state index contributed by atoms with van der Waals surface area (Å²) in [5.41, 5.74) is 2.26. The number of hydrogen-bond acceptors (Lipinski definition) is 2. The van der Waals surface area contributed by atoms with E-state index in [1.54, 1.807) is 0 Å². The molecule has 0 aromatic heterocycles. The number of nitrogens with zero attached hydrogens (tertiary/aromatic N) is 1. The Balaban J connectivity index is 2.89. The van der Waals surface area contributed by atoms with Crippen LogP contribution in [0.25, 0.3) is 0 Å². The predicted molar refractivity (Wildman–Crippen MR) is 62.4 cm³/mol. The van der Waals surface area contributed by atoms with E-state index in [-0.39, 0.29) is 11.9 Å². The first kappa shape index (κ1) is 12.2. The first-order valence-corrected chi connectivity index (χ1v) is 5.64. The molecule has 0 radical (unpaired) electrons. The van der Waals surface area contributed by atoms with Crippen molar-refractivity contribution in [3.8, 4) is 0 Å². The van der Waals surface area contributed by atoms with Gasteiger partial charge in [0.25, 0.3) is 0 Å². The Hall–Kier alpha value is -0.830. The fraction of sp³-hybridized carbons (Fsp3) is 0.750. The third-order valence-electron chi connectivity index (χ3n) is 3.36. The van der Waals surface area contributed by atoms with E-state index < -0.39 is 0 Å². The largest absolute Gasteiger partial charge is 0.329 e. The molecule has 0 saturated carbocycles. The molecule has 1 heterocycles. The molecule has 0 fully saturated rings. The Kier molecular flexibility index (Phi) is 3.91. The molecular weight excluding hydrogens is 188 g/mol. The molecule has 1 aliphatic heterocycles. The molecule has 86 valence electrons. The van der Waals surface area contributed by atoms with E-state index in [1.807, 2.05) is 14.0 Å². The minimum Gasteiger partial charge on any atom is -0.329 e. The van der Waals surface area contributed by atoms with Gasteiger partial charge >= 0.3 is 0 Å². The van der Waals surface area contributed by atoms with Crippen LogP contribution in [0, 0.1) is 5.92 Å². The van der Waals surface area contributed by atoms with Crippen molar-refractivity contribution in [3.05, 3.63) is 11.3 Å². The molecule has 1 aliphatic rings. The number of amides is 1. The van der Waals surface area contributed by atoms with Crippen LogP contribution in [-0.2, 0) is 4.79 Å². The minimum absolute atomic E-state index is 0.00222. The Morgan fingerprint density at radius 3 is 2.67 bits per heavy atom. The van der Waals surface area contributed by atoms with Crippen LogP contribution in [0.4, 0.5) is 0 Å². The zero-order valence-corrected chi connectivity index (χ0v) is 10.4. The second kappa shape index (κ2) is 4.79. The summed E-state index contributed by atoms with van der Waals surface area (Å²) in [6.45, 7) is 9.19. The van der Waals surface area contributed by atoms with Crippen LogP contribution in [-0.4, -0.2) is 30.4 Å². The molecule has 0 bridgehead atoms. The second-order valence-corrected chi connectivity index (χ2v) is 4.64. The van der Waals surface area contributed by atoms with Crippen LogP contribution in [0.5, 0.6) is 0 Å². The number of carbonyl (C=O) groups excluding carboxylic acids is 1.